The molecule has 0 saturated heterocycles. The lowest BCUT2D eigenvalue weighted by Crippen LogP contribution is -2.01. The quantitative estimate of drug-likeness (QED) is 0.187. The summed E-state index contributed by atoms with van der Waals surface area (Å²) in [7, 11) is 0. The third-order valence-electron chi connectivity index (χ3n) is 9.39. The predicted molar refractivity (Wildman–Crippen MR) is 207 cm³/mol. The summed E-state index contributed by atoms with van der Waals surface area (Å²) in [4.78, 5) is 9.98. The molecule has 10 aromatic rings. The number of rotatable bonds is 5. The summed E-state index contributed by atoms with van der Waals surface area (Å²) in [5.41, 5.74) is 8.36. The molecule has 0 fully saturated rings. The third-order valence-corrected chi connectivity index (χ3v) is 9.39. The van der Waals surface area contributed by atoms with Gasteiger partial charge in [-0.3, -0.25) is 0 Å². The van der Waals surface area contributed by atoms with Crippen molar-refractivity contribution in [1.82, 2.24) is 19.1 Å². The van der Waals surface area contributed by atoms with Crippen molar-refractivity contribution in [3.63, 3.8) is 0 Å². The normalized spacial score (nSPS) is 13.0. The highest BCUT2D eigenvalue weighted by Crippen LogP contribution is 2.38. The number of benzene rings is 7. The van der Waals surface area contributed by atoms with E-state index in [1.165, 1.54) is 0 Å². The molecule has 4 heteroatoms. The van der Waals surface area contributed by atoms with Crippen LogP contribution in [0.4, 0.5) is 0 Å². The number of hydrogen-bond donors (Lipinski definition) is 0. The van der Waals surface area contributed by atoms with Crippen molar-refractivity contribution >= 4 is 43.6 Å². The van der Waals surface area contributed by atoms with Gasteiger partial charge in [-0.25, -0.2) is 9.97 Å². The SMILES string of the molecule is [2H]c1c([2H])c([2H])c(-c2cc(-c3cc(-n4c5ccccc5c5ccccc54)cc(-n4c5ccccc5c5ccccc54)c3)nc(-c3ccccc3)n2)c([2H])c1[2H]. The molecule has 0 atom stereocenters. The van der Waals surface area contributed by atoms with Crippen LogP contribution in [0, 0.1) is 0 Å². The van der Waals surface area contributed by atoms with Crippen LogP contribution in [0.1, 0.15) is 6.85 Å². The summed E-state index contributed by atoms with van der Waals surface area (Å²) < 4.78 is 47.4. The zero-order valence-corrected chi connectivity index (χ0v) is 26.7. The first-order valence-corrected chi connectivity index (χ1v) is 16.5. The van der Waals surface area contributed by atoms with Crippen molar-refractivity contribution in [2.24, 2.45) is 0 Å². The molecule has 234 valence electrons. The van der Waals surface area contributed by atoms with Crippen LogP contribution in [0.5, 0.6) is 0 Å². The Hall–Kier alpha value is -6.78. The molecule has 4 nitrogen and oxygen atoms in total. The maximum atomic E-state index is 8.85. The largest absolute Gasteiger partial charge is 0.309 e. The first-order chi connectivity index (χ1) is 26.9. The lowest BCUT2D eigenvalue weighted by molar-refractivity contribution is 1.13. The van der Waals surface area contributed by atoms with Gasteiger partial charge in [0.2, 0.25) is 0 Å². The van der Waals surface area contributed by atoms with Crippen molar-refractivity contribution in [2.75, 3.05) is 0 Å². The summed E-state index contributed by atoms with van der Waals surface area (Å²) in [5, 5.41) is 4.55. The zero-order valence-electron chi connectivity index (χ0n) is 31.7. The monoisotopic (exact) mass is 643 g/mol. The molecule has 0 aliphatic heterocycles. The lowest BCUT2D eigenvalue weighted by atomic mass is 10.0. The van der Waals surface area contributed by atoms with E-state index in [1.807, 2.05) is 30.3 Å². The molecule has 50 heavy (non-hydrogen) atoms. The van der Waals surface area contributed by atoms with Crippen LogP contribution in [0.3, 0.4) is 0 Å². The molecule has 0 bridgehead atoms. The van der Waals surface area contributed by atoms with Crippen LogP contribution in [0.15, 0.2) is 182 Å². The number of hydrogen-bond acceptors (Lipinski definition) is 2. The fraction of sp³-hybridized carbons (Fsp3) is 0. The maximum absolute atomic E-state index is 8.85. The average Bonchev–Trinajstić information content (AvgIpc) is 3.75. The predicted octanol–water partition coefficient (Wildman–Crippen LogP) is 11.7. The van der Waals surface area contributed by atoms with Gasteiger partial charge in [0, 0.05) is 49.6 Å². The molecular weight excluding hydrogens is 609 g/mol. The molecule has 0 amide bonds. The van der Waals surface area contributed by atoms with E-state index in [0.29, 0.717) is 11.5 Å². The second kappa shape index (κ2) is 11.4. The van der Waals surface area contributed by atoms with Crippen LogP contribution >= 0.6 is 0 Å². The van der Waals surface area contributed by atoms with Crippen molar-refractivity contribution in [2.45, 2.75) is 0 Å². The maximum Gasteiger partial charge on any atom is 0.160 e. The summed E-state index contributed by atoms with van der Waals surface area (Å²) in [6.07, 6.45) is 0. The molecule has 0 saturated carbocycles. The molecule has 0 N–H and O–H groups in total. The minimum absolute atomic E-state index is 0.0213. The van der Waals surface area contributed by atoms with Gasteiger partial charge >= 0.3 is 0 Å². The van der Waals surface area contributed by atoms with Gasteiger partial charge in [0.05, 0.1) is 40.3 Å². The summed E-state index contributed by atoms with van der Waals surface area (Å²) >= 11 is 0. The van der Waals surface area contributed by atoms with E-state index < -0.39 is 18.1 Å². The van der Waals surface area contributed by atoms with E-state index in [-0.39, 0.29) is 23.3 Å². The van der Waals surface area contributed by atoms with E-state index in [0.717, 1.165) is 66.1 Å². The highest BCUT2D eigenvalue weighted by molar-refractivity contribution is 6.10. The molecule has 3 aromatic heterocycles. The number of fused-ring (bicyclic) bond motifs is 6. The molecular formula is C46H30N4. The van der Waals surface area contributed by atoms with Crippen molar-refractivity contribution in [3.05, 3.63) is 182 Å². The Balaban J connectivity index is 1.32. The van der Waals surface area contributed by atoms with Gasteiger partial charge in [0.15, 0.2) is 5.82 Å². The Labute approximate surface area is 296 Å². The van der Waals surface area contributed by atoms with Crippen LogP contribution in [0.25, 0.3) is 88.9 Å². The first-order valence-electron chi connectivity index (χ1n) is 19.0. The molecule has 0 aliphatic carbocycles. The Morgan fingerprint density at radius 3 is 1.28 bits per heavy atom. The van der Waals surface area contributed by atoms with E-state index in [2.05, 4.69) is 124 Å². The van der Waals surface area contributed by atoms with Crippen LogP contribution in [-0.4, -0.2) is 19.1 Å². The molecule has 3 heterocycles. The Morgan fingerprint density at radius 2 is 0.800 bits per heavy atom. The van der Waals surface area contributed by atoms with E-state index in [9.17, 15) is 0 Å². The van der Waals surface area contributed by atoms with Crippen molar-refractivity contribution < 1.29 is 6.85 Å². The van der Waals surface area contributed by atoms with Gasteiger partial charge in [0.1, 0.15) is 0 Å². The number of nitrogens with zero attached hydrogens (tertiary/aromatic N) is 4. The van der Waals surface area contributed by atoms with Crippen molar-refractivity contribution in [1.29, 1.82) is 0 Å². The van der Waals surface area contributed by atoms with E-state index >= 15 is 0 Å². The minimum atomic E-state index is -0.453. The standard InChI is InChI=1S/C46H30N4/c1-3-15-31(16-4-1)40-30-41(48-46(47-40)32-17-5-2-6-18-32)33-27-34(49-42-23-11-7-19-36(42)37-20-8-12-24-43(37)49)29-35(28-33)50-44-25-13-9-21-38(44)39-22-10-14-26-45(39)50/h1-30H/i1D,3D,4D,15D,16D. The lowest BCUT2D eigenvalue weighted by Gasteiger charge is -2.16. The summed E-state index contributed by atoms with van der Waals surface area (Å²) in [6.45, 7) is 0. The third kappa shape index (κ3) is 4.54. The van der Waals surface area contributed by atoms with Crippen molar-refractivity contribution in [3.8, 4) is 45.3 Å². The van der Waals surface area contributed by atoms with Gasteiger partial charge in [0.25, 0.3) is 0 Å². The Bertz CT molecular complexity index is 2900. The highest BCUT2D eigenvalue weighted by Gasteiger charge is 2.18. The highest BCUT2D eigenvalue weighted by atomic mass is 15.0. The average molecular weight is 644 g/mol. The number of aromatic nitrogens is 4. The first kappa shape index (κ1) is 23.5. The minimum Gasteiger partial charge on any atom is -0.309 e. The molecule has 0 radical (unpaired) electrons. The van der Waals surface area contributed by atoms with Gasteiger partial charge in [-0.1, -0.05) is 133 Å². The Kier molecular flexibility index (Phi) is 5.38. The van der Waals surface area contributed by atoms with Gasteiger partial charge in [-0.2, -0.15) is 0 Å². The molecule has 10 rings (SSSR count). The summed E-state index contributed by atoms with van der Waals surface area (Å²) in [5.74, 6) is 0.376. The fourth-order valence-corrected chi connectivity index (χ4v) is 7.22. The van der Waals surface area contributed by atoms with E-state index in [4.69, 9.17) is 16.8 Å². The second-order valence-electron chi connectivity index (χ2n) is 12.3. The molecule has 0 aliphatic rings. The van der Waals surface area contributed by atoms with Crippen LogP contribution in [-0.2, 0) is 0 Å². The fourth-order valence-electron chi connectivity index (χ4n) is 7.22. The summed E-state index contributed by atoms with van der Waals surface area (Å²) in [6, 6.07) is 49.4. The van der Waals surface area contributed by atoms with E-state index in [1.54, 1.807) is 6.07 Å². The molecule has 0 spiro atoms. The van der Waals surface area contributed by atoms with Gasteiger partial charge in [-0.05, 0) is 48.5 Å². The zero-order chi connectivity index (χ0) is 37.4. The van der Waals surface area contributed by atoms with Gasteiger partial charge < -0.3 is 9.13 Å². The second-order valence-corrected chi connectivity index (χ2v) is 12.3. The molecule has 0 unspecified atom stereocenters. The topological polar surface area (TPSA) is 35.6 Å². The molecule has 7 aromatic carbocycles. The van der Waals surface area contributed by atoms with Gasteiger partial charge in [-0.15, -0.1) is 0 Å². The van der Waals surface area contributed by atoms with Crippen LogP contribution < -0.4 is 0 Å². The Morgan fingerprint density at radius 1 is 0.380 bits per heavy atom. The van der Waals surface area contributed by atoms with Crippen LogP contribution in [0.2, 0.25) is 0 Å². The number of para-hydroxylation sites is 4. The smallest absolute Gasteiger partial charge is 0.160 e.